The van der Waals surface area contributed by atoms with Crippen LogP contribution >= 0.6 is 0 Å². The van der Waals surface area contributed by atoms with Gasteiger partial charge in [0, 0.05) is 20.2 Å². The second-order valence-corrected chi connectivity index (χ2v) is 5.81. The number of hydrogen-bond donors (Lipinski definition) is 1. The molecule has 1 rings (SSSR count). The van der Waals surface area contributed by atoms with E-state index in [1.807, 2.05) is 7.05 Å². The van der Waals surface area contributed by atoms with Gasteiger partial charge in [0.1, 0.15) is 0 Å². The molecule has 0 aromatic heterocycles. The minimum Gasteiger partial charge on any atom is -0.378 e. The average Bonchev–Trinajstić information content (AvgIpc) is 2.30. The zero-order valence-corrected chi connectivity index (χ0v) is 11.4. The molecule has 1 fully saturated rings. The number of nitrogens with two attached hydrogens (primary N) is 1. The number of ether oxygens (including phenoxy) is 1. The maximum atomic E-state index is 12.0. The van der Waals surface area contributed by atoms with Crippen LogP contribution in [0.1, 0.15) is 39.5 Å². The third kappa shape index (κ3) is 5.04. The molecule has 4 heteroatoms. The summed E-state index contributed by atoms with van der Waals surface area (Å²) >= 11 is 0. The molecular formula is C13H26N2O2. The summed E-state index contributed by atoms with van der Waals surface area (Å²) < 4.78 is 5.58. The van der Waals surface area contributed by atoms with Gasteiger partial charge in [-0.05, 0) is 31.2 Å². The van der Waals surface area contributed by atoms with Gasteiger partial charge in [0.25, 0.3) is 0 Å². The Kier molecular flexibility index (Phi) is 5.40. The first-order valence-electron chi connectivity index (χ1n) is 6.50. The minimum absolute atomic E-state index is 0.0160. The zero-order valence-electron chi connectivity index (χ0n) is 11.4. The van der Waals surface area contributed by atoms with Crippen LogP contribution in [0.2, 0.25) is 0 Å². The lowest BCUT2D eigenvalue weighted by molar-refractivity contribution is -0.135. The fourth-order valence-corrected chi connectivity index (χ4v) is 2.11. The minimum atomic E-state index is -0.0160. The summed E-state index contributed by atoms with van der Waals surface area (Å²) in [4.78, 5) is 13.8. The zero-order chi connectivity index (χ0) is 12.9. The second-order valence-electron chi connectivity index (χ2n) is 5.81. The summed E-state index contributed by atoms with van der Waals surface area (Å²) in [6.07, 6.45) is 3.95. The van der Waals surface area contributed by atoms with Crippen molar-refractivity contribution in [3.8, 4) is 0 Å². The molecule has 1 amide bonds. The lowest BCUT2D eigenvalue weighted by atomic mass is 9.93. The highest BCUT2D eigenvalue weighted by atomic mass is 16.5. The molecule has 100 valence electrons. The summed E-state index contributed by atoms with van der Waals surface area (Å²) in [5.41, 5.74) is 5.66. The van der Waals surface area contributed by atoms with E-state index in [0.717, 1.165) is 19.4 Å². The molecule has 0 saturated carbocycles. The number of amides is 1. The number of rotatable bonds is 5. The summed E-state index contributed by atoms with van der Waals surface area (Å²) in [7, 11) is 1.85. The molecule has 1 aliphatic heterocycles. The van der Waals surface area contributed by atoms with E-state index >= 15 is 0 Å². The van der Waals surface area contributed by atoms with E-state index in [9.17, 15) is 4.79 Å². The summed E-state index contributed by atoms with van der Waals surface area (Å²) in [6, 6.07) is 0. The Morgan fingerprint density at radius 3 is 2.71 bits per heavy atom. The molecule has 4 nitrogen and oxygen atoms in total. The van der Waals surface area contributed by atoms with Gasteiger partial charge < -0.3 is 15.4 Å². The van der Waals surface area contributed by atoms with Crippen LogP contribution < -0.4 is 5.73 Å². The average molecular weight is 242 g/mol. The van der Waals surface area contributed by atoms with Gasteiger partial charge in [0.05, 0.1) is 12.5 Å². The van der Waals surface area contributed by atoms with Crippen LogP contribution in [0.3, 0.4) is 0 Å². The van der Waals surface area contributed by atoms with E-state index in [4.69, 9.17) is 10.5 Å². The maximum absolute atomic E-state index is 12.0. The van der Waals surface area contributed by atoms with Crippen molar-refractivity contribution in [1.82, 2.24) is 4.90 Å². The maximum Gasteiger partial charge on any atom is 0.224 e. The summed E-state index contributed by atoms with van der Waals surface area (Å²) in [6.45, 7) is 6.25. The molecule has 1 unspecified atom stereocenters. The monoisotopic (exact) mass is 242 g/mol. The Morgan fingerprint density at radius 2 is 2.18 bits per heavy atom. The van der Waals surface area contributed by atoms with E-state index < -0.39 is 0 Å². The number of hydrogen-bond acceptors (Lipinski definition) is 3. The molecule has 0 aromatic carbocycles. The van der Waals surface area contributed by atoms with E-state index in [2.05, 4.69) is 13.8 Å². The predicted molar refractivity (Wildman–Crippen MR) is 68.7 cm³/mol. The van der Waals surface area contributed by atoms with Gasteiger partial charge in [-0.1, -0.05) is 13.8 Å². The van der Waals surface area contributed by atoms with Crippen LogP contribution in [-0.4, -0.2) is 43.7 Å². The van der Waals surface area contributed by atoms with Crippen LogP contribution in [0.5, 0.6) is 0 Å². The van der Waals surface area contributed by atoms with E-state index in [-0.39, 0.29) is 17.4 Å². The molecule has 17 heavy (non-hydrogen) atoms. The molecule has 0 bridgehead atoms. The van der Waals surface area contributed by atoms with E-state index in [0.29, 0.717) is 19.5 Å². The first kappa shape index (κ1) is 14.5. The standard InChI is InChI=1S/C13H26N2O2/c1-13(2,9-14)10-15(3)12(16)8-11-6-4-5-7-17-11/h11H,4-10,14H2,1-3H3. The Bertz CT molecular complexity index is 248. The lowest BCUT2D eigenvalue weighted by Gasteiger charge is -2.30. The molecule has 0 spiro atoms. The second kappa shape index (κ2) is 6.36. The van der Waals surface area contributed by atoms with Gasteiger partial charge in [-0.25, -0.2) is 0 Å². The SMILES string of the molecule is CN(CC(C)(C)CN)C(=O)CC1CCCCO1. The largest absolute Gasteiger partial charge is 0.378 e. The first-order chi connectivity index (χ1) is 7.94. The van der Waals surface area contributed by atoms with Crippen molar-refractivity contribution in [2.75, 3.05) is 26.7 Å². The number of carbonyl (C=O) groups excluding carboxylic acids is 1. The van der Waals surface area contributed by atoms with E-state index in [1.165, 1.54) is 6.42 Å². The molecular weight excluding hydrogens is 216 g/mol. The molecule has 1 aliphatic rings. The lowest BCUT2D eigenvalue weighted by Crippen LogP contribution is -2.41. The highest BCUT2D eigenvalue weighted by Gasteiger charge is 2.24. The Morgan fingerprint density at radius 1 is 1.47 bits per heavy atom. The van der Waals surface area contributed by atoms with Gasteiger partial charge >= 0.3 is 0 Å². The molecule has 0 aromatic rings. The van der Waals surface area contributed by atoms with Crippen LogP contribution in [0.15, 0.2) is 0 Å². The van der Waals surface area contributed by atoms with Gasteiger partial charge in [0.2, 0.25) is 5.91 Å². The van der Waals surface area contributed by atoms with Crippen molar-refractivity contribution in [1.29, 1.82) is 0 Å². The van der Waals surface area contributed by atoms with Crippen LogP contribution in [0, 0.1) is 5.41 Å². The van der Waals surface area contributed by atoms with Crippen LogP contribution in [0.25, 0.3) is 0 Å². The molecule has 1 atom stereocenters. The third-order valence-corrected chi connectivity index (χ3v) is 3.32. The fraction of sp³-hybridized carbons (Fsp3) is 0.923. The molecule has 1 saturated heterocycles. The van der Waals surface area contributed by atoms with Gasteiger partial charge in [-0.3, -0.25) is 4.79 Å². The molecule has 0 radical (unpaired) electrons. The van der Waals surface area contributed by atoms with Crippen molar-refractivity contribution in [2.45, 2.75) is 45.6 Å². The smallest absolute Gasteiger partial charge is 0.224 e. The van der Waals surface area contributed by atoms with Crippen LogP contribution in [-0.2, 0) is 9.53 Å². The van der Waals surface area contributed by atoms with Crippen molar-refractivity contribution in [3.63, 3.8) is 0 Å². The van der Waals surface area contributed by atoms with Gasteiger partial charge in [-0.15, -0.1) is 0 Å². The van der Waals surface area contributed by atoms with Gasteiger partial charge in [-0.2, -0.15) is 0 Å². The first-order valence-corrected chi connectivity index (χ1v) is 6.50. The Labute approximate surface area is 104 Å². The Balaban J connectivity index is 2.35. The number of nitrogens with zero attached hydrogens (tertiary/aromatic N) is 1. The van der Waals surface area contributed by atoms with Crippen molar-refractivity contribution in [3.05, 3.63) is 0 Å². The van der Waals surface area contributed by atoms with Crippen LogP contribution in [0.4, 0.5) is 0 Å². The fourth-order valence-electron chi connectivity index (χ4n) is 2.11. The summed E-state index contributed by atoms with van der Waals surface area (Å²) in [5, 5.41) is 0. The topological polar surface area (TPSA) is 55.6 Å². The van der Waals surface area contributed by atoms with Crippen molar-refractivity contribution < 1.29 is 9.53 Å². The van der Waals surface area contributed by atoms with Crippen molar-refractivity contribution in [2.24, 2.45) is 11.1 Å². The molecule has 2 N–H and O–H groups in total. The summed E-state index contributed by atoms with van der Waals surface area (Å²) in [5.74, 6) is 0.165. The third-order valence-electron chi connectivity index (χ3n) is 3.32. The van der Waals surface area contributed by atoms with Crippen molar-refractivity contribution >= 4 is 5.91 Å². The number of carbonyl (C=O) groups is 1. The highest BCUT2D eigenvalue weighted by Crippen LogP contribution is 2.18. The molecule has 1 heterocycles. The molecule has 0 aliphatic carbocycles. The quantitative estimate of drug-likeness (QED) is 0.792. The van der Waals surface area contributed by atoms with E-state index in [1.54, 1.807) is 4.90 Å². The highest BCUT2D eigenvalue weighted by molar-refractivity contribution is 5.76. The Hall–Kier alpha value is -0.610. The normalized spacial score (nSPS) is 21.3. The predicted octanol–water partition coefficient (Wildman–Crippen LogP) is 1.39. The van der Waals surface area contributed by atoms with Gasteiger partial charge in [0.15, 0.2) is 0 Å².